The smallest absolute Gasteiger partial charge is 0.253 e. The van der Waals surface area contributed by atoms with Crippen molar-refractivity contribution in [3.05, 3.63) is 29.8 Å². The molecule has 102 valence electrons. The molecule has 2 amide bonds. The number of halogens is 1. The zero-order chi connectivity index (χ0) is 13.8. The van der Waals surface area contributed by atoms with Crippen LogP contribution in [0.25, 0.3) is 0 Å². The Morgan fingerprint density at radius 2 is 1.95 bits per heavy atom. The zero-order valence-corrected chi connectivity index (χ0v) is 10.4. The second-order valence-corrected chi connectivity index (χ2v) is 4.79. The highest BCUT2D eigenvalue weighted by Gasteiger charge is 2.25. The van der Waals surface area contributed by atoms with Gasteiger partial charge >= 0.3 is 0 Å². The normalized spacial score (nSPS) is 22.8. The molecule has 1 aromatic rings. The van der Waals surface area contributed by atoms with E-state index >= 15 is 0 Å². The summed E-state index contributed by atoms with van der Waals surface area (Å²) in [5, 5.41) is 2.86. The molecule has 0 saturated heterocycles. The number of nitrogens with two attached hydrogens (primary N) is 1. The van der Waals surface area contributed by atoms with Crippen LogP contribution in [0.15, 0.2) is 18.3 Å². The fourth-order valence-electron chi connectivity index (χ4n) is 2.30. The summed E-state index contributed by atoms with van der Waals surface area (Å²) in [6, 6.07) is 2.58. The minimum absolute atomic E-state index is 0.0353. The van der Waals surface area contributed by atoms with Crippen molar-refractivity contribution in [2.24, 2.45) is 11.7 Å². The lowest BCUT2D eigenvalue weighted by molar-refractivity contribution is -0.122. The molecule has 0 atom stereocenters. The molecule has 1 aliphatic carbocycles. The highest BCUT2D eigenvalue weighted by molar-refractivity contribution is 5.94. The molecule has 0 spiro atoms. The summed E-state index contributed by atoms with van der Waals surface area (Å²) < 4.78 is 12.6. The molecule has 3 N–H and O–H groups in total. The van der Waals surface area contributed by atoms with Crippen LogP contribution in [-0.2, 0) is 4.79 Å². The number of aromatic nitrogens is 1. The zero-order valence-electron chi connectivity index (χ0n) is 10.4. The fourth-order valence-corrected chi connectivity index (χ4v) is 2.30. The first-order chi connectivity index (χ1) is 9.06. The van der Waals surface area contributed by atoms with Crippen LogP contribution in [0.4, 0.5) is 4.39 Å². The van der Waals surface area contributed by atoms with Crippen molar-refractivity contribution in [3.63, 3.8) is 0 Å². The summed E-state index contributed by atoms with van der Waals surface area (Å²) in [5.74, 6) is -1.23. The lowest BCUT2D eigenvalue weighted by atomic mass is 9.85. The highest BCUT2D eigenvalue weighted by Crippen LogP contribution is 2.24. The van der Waals surface area contributed by atoms with Crippen molar-refractivity contribution >= 4 is 11.8 Å². The van der Waals surface area contributed by atoms with Crippen molar-refractivity contribution < 1.29 is 14.0 Å². The first-order valence-electron chi connectivity index (χ1n) is 6.28. The van der Waals surface area contributed by atoms with Gasteiger partial charge in [0.25, 0.3) is 5.91 Å². The van der Waals surface area contributed by atoms with Crippen molar-refractivity contribution in [3.8, 4) is 0 Å². The van der Waals surface area contributed by atoms with E-state index in [0.717, 1.165) is 18.9 Å². The lowest BCUT2D eigenvalue weighted by Crippen LogP contribution is -2.39. The molecule has 1 aliphatic rings. The molecule has 0 radical (unpaired) electrons. The molecule has 2 rings (SSSR count). The monoisotopic (exact) mass is 265 g/mol. The molecule has 1 heterocycles. The van der Waals surface area contributed by atoms with Crippen LogP contribution >= 0.6 is 0 Å². The van der Waals surface area contributed by atoms with E-state index in [9.17, 15) is 14.0 Å². The van der Waals surface area contributed by atoms with Crippen molar-refractivity contribution in [1.82, 2.24) is 10.3 Å². The number of pyridine rings is 1. The van der Waals surface area contributed by atoms with Gasteiger partial charge in [-0.1, -0.05) is 0 Å². The van der Waals surface area contributed by atoms with E-state index in [1.54, 1.807) is 0 Å². The Kier molecular flexibility index (Phi) is 4.09. The summed E-state index contributed by atoms with van der Waals surface area (Å²) in [4.78, 5) is 26.3. The maximum absolute atomic E-state index is 12.6. The van der Waals surface area contributed by atoms with Gasteiger partial charge in [0.2, 0.25) is 11.9 Å². The van der Waals surface area contributed by atoms with E-state index in [1.807, 2.05) is 0 Å². The molecule has 19 heavy (non-hydrogen) atoms. The first-order valence-corrected chi connectivity index (χ1v) is 6.28. The van der Waals surface area contributed by atoms with Gasteiger partial charge in [0.05, 0.1) is 5.56 Å². The number of rotatable bonds is 3. The summed E-state index contributed by atoms with van der Waals surface area (Å²) in [6.45, 7) is 0. The van der Waals surface area contributed by atoms with Crippen LogP contribution in [0.3, 0.4) is 0 Å². The Morgan fingerprint density at radius 1 is 1.26 bits per heavy atom. The molecule has 0 aromatic carbocycles. The van der Waals surface area contributed by atoms with E-state index in [1.165, 1.54) is 12.3 Å². The van der Waals surface area contributed by atoms with Gasteiger partial charge in [-0.05, 0) is 37.8 Å². The summed E-state index contributed by atoms with van der Waals surface area (Å²) in [5.41, 5.74) is 5.58. The third-order valence-electron chi connectivity index (χ3n) is 3.45. The second-order valence-electron chi connectivity index (χ2n) is 4.79. The van der Waals surface area contributed by atoms with Crippen LogP contribution in [0.2, 0.25) is 0 Å². The van der Waals surface area contributed by atoms with Crippen LogP contribution in [0, 0.1) is 11.9 Å². The van der Waals surface area contributed by atoms with E-state index in [4.69, 9.17) is 5.73 Å². The average Bonchev–Trinajstić information content (AvgIpc) is 2.40. The van der Waals surface area contributed by atoms with E-state index in [2.05, 4.69) is 10.3 Å². The van der Waals surface area contributed by atoms with E-state index < -0.39 is 5.95 Å². The van der Waals surface area contributed by atoms with Gasteiger partial charge in [0, 0.05) is 18.2 Å². The number of carbonyl (C=O) groups excluding carboxylic acids is 2. The van der Waals surface area contributed by atoms with Gasteiger partial charge in [-0.25, -0.2) is 4.98 Å². The maximum Gasteiger partial charge on any atom is 0.253 e. The summed E-state index contributed by atoms with van der Waals surface area (Å²) >= 11 is 0. The Morgan fingerprint density at radius 3 is 2.47 bits per heavy atom. The molecule has 6 heteroatoms. The summed E-state index contributed by atoms with van der Waals surface area (Å²) in [7, 11) is 0. The fraction of sp³-hybridized carbons (Fsp3) is 0.462. The molecule has 0 bridgehead atoms. The van der Waals surface area contributed by atoms with Gasteiger partial charge in [-0.15, -0.1) is 0 Å². The van der Waals surface area contributed by atoms with Gasteiger partial charge in [0.1, 0.15) is 0 Å². The largest absolute Gasteiger partial charge is 0.369 e. The quantitative estimate of drug-likeness (QED) is 0.799. The van der Waals surface area contributed by atoms with Crippen LogP contribution in [-0.4, -0.2) is 22.8 Å². The average molecular weight is 265 g/mol. The predicted octanol–water partition coefficient (Wildman–Crippen LogP) is 0.995. The molecule has 1 saturated carbocycles. The number of nitrogens with zero attached hydrogens (tertiary/aromatic N) is 1. The summed E-state index contributed by atoms with van der Waals surface area (Å²) in [6.07, 6.45) is 4.06. The molecule has 1 aromatic heterocycles. The SMILES string of the molecule is NC(=O)C1CCC(NC(=O)c2ccc(F)nc2)CC1. The second kappa shape index (κ2) is 5.77. The lowest BCUT2D eigenvalue weighted by Gasteiger charge is -2.27. The van der Waals surface area contributed by atoms with Crippen LogP contribution in [0.1, 0.15) is 36.0 Å². The van der Waals surface area contributed by atoms with E-state index in [0.29, 0.717) is 18.4 Å². The van der Waals surface area contributed by atoms with Crippen LogP contribution in [0.5, 0.6) is 0 Å². The molecular formula is C13H16FN3O2. The molecule has 5 nitrogen and oxygen atoms in total. The van der Waals surface area contributed by atoms with Gasteiger partial charge in [-0.3, -0.25) is 9.59 Å². The molecular weight excluding hydrogens is 249 g/mol. The Balaban J connectivity index is 1.87. The Labute approximate surface area is 110 Å². The highest BCUT2D eigenvalue weighted by atomic mass is 19.1. The van der Waals surface area contributed by atoms with Gasteiger partial charge in [-0.2, -0.15) is 4.39 Å². The third kappa shape index (κ3) is 3.49. The van der Waals surface area contributed by atoms with Crippen molar-refractivity contribution in [1.29, 1.82) is 0 Å². The van der Waals surface area contributed by atoms with Crippen molar-refractivity contribution in [2.75, 3.05) is 0 Å². The van der Waals surface area contributed by atoms with Crippen molar-refractivity contribution in [2.45, 2.75) is 31.7 Å². The number of hydrogen-bond acceptors (Lipinski definition) is 3. The minimum atomic E-state index is -0.612. The minimum Gasteiger partial charge on any atom is -0.369 e. The Bertz CT molecular complexity index is 467. The number of primary amides is 1. The van der Waals surface area contributed by atoms with Gasteiger partial charge in [0.15, 0.2) is 0 Å². The van der Waals surface area contributed by atoms with E-state index in [-0.39, 0.29) is 23.8 Å². The number of hydrogen-bond donors (Lipinski definition) is 2. The Hall–Kier alpha value is -1.98. The standard InChI is InChI=1S/C13H16FN3O2/c14-11-6-3-9(7-16-11)13(19)17-10-4-1-8(2-5-10)12(15)18/h3,6-8,10H,1-2,4-5H2,(H2,15,18)(H,17,19). The first kappa shape index (κ1) is 13.5. The predicted molar refractivity (Wildman–Crippen MR) is 66.6 cm³/mol. The molecule has 0 unspecified atom stereocenters. The van der Waals surface area contributed by atoms with Crippen LogP contribution < -0.4 is 11.1 Å². The number of carbonyl (C=O) groups is 2. The number of amides is 2. The molecule has 0 aliphatic heterocycles. The third-order valence-corrected chi connectivity index (χ3v) is 3.45. The number of nitrogens with one attached hydrogen (secondary N) is 1. The van der Waals surface area contributed by atoms with Gasteiger partial charge < -0.3 is 11.1 Å². The maximum atomic E-state index is 12.6. The topological polar surface area (TPSA) is 85.1 Å². The molecule has 1 fully saturated rings.